The van der Waals surface area contributed by atoms with Crippen molar-refractivity contribution < 1.29 is 18.7 Å². The molecule has 1 fully saturated rings. The van der Waals surface area contributed by atoms with E-state index >= 15 is 0 Å². The summed E-state index contributed by atoms with van der Waals surface area (Å²) in [4.78, 5) is 26.7. The molecule has 0 unspecified atom stereocenters. The van der Waals surface area contributed by atoms with Gasteiger partial charge >= 0.3 is 0 Å². The first-order valence-electron chi connectivity index (χ1n) is 9.73. The number of carbonyl (C=O) groups excluding carboxylic acids is 2. The molecule has 4 rings (SSSR count). The Morgan fingerprint density at radius 1 is 1.14 bits per heavy atom. The molecule has 2 N–H and O–H groups in total. The van der Waals surface area contributed by atoms with Gasteiger partial charge in [-0.05, 0) is 56.2 Å². The smallest absolute Gasteiger partial charge is 0.259 e. The van der Waals surface area contributed by atoms with Crippen molar-refractivity contribution >= 4 is 28.2 Å². The largest absolute Gasteiger partial charge is 0.376 e. The summed E-state index contributed by atoms with van der Waals surface area (Å²) in [6.45, 7) is 1.20. The van der Waals surface area contributed by atoms with Gasteiger partial charge in [-0.2, -0.15) is 0 Å². The number of hydrogen-bond acceptors (Lipinski definition) is 4. The molecule has 0 saturated carbocycles. The Labute approximate surface area is 167 Å². The quantitative estimate of drug-likeness (QED) is 0.796. The molecule has 148 valence electrons. The number of benzene rings is 1. The van der Waals surface area contributed by atoms with Crippen molar-refractivity contribution in [1.82, 2.24) is 5.32 Å². The molecule has 1 aromatic heterocycles. The zero-order valence-corrected chi connectivity index (χ0v) is 16.4. The lowest BCUT2D eigenvalue weighted by Gasteiger charge is -2.15. The van der Waals surface area contributed by atoms with Gasteiger partial charge in [0, 0.05) is 18.0 Å². The highest BCUT2D eigenvalue weighted by Crippen LogP contribution is 2.38. The highest BCUT2D eigenvalue weighted by molar-refractivity contribution is 7.17. The standard InChI is InChI=1S/C21H23FN2O3S/c22-16-9-3-1-7-14(16)19(25)24-21-18(15-8-2-4-10-17(15)28-21)20(26)23-12-13-6-5-11-27-13/h1,3,7,9,13H,2,4-6,8,10-12H2,(H,23,26)(H,24,25)/t13-/m1/s1. The van der Waals surface area contributed by atoms with E-state index in [1.54, 1.807) is 12.1 Å². The molecule has 2 aliphatic rings. The maximum absolute atomic E-state index is 14.0. The van der Waals surface area contributed by atoms with E-state index < -0.39 is 11.7 Å². The van der Waals surface area contributed by atoms with Crippen LogP contribution >= 0.6 is 11.3 Å². The first kappa shape index (κ1) is 19.1. The van der Waals surface area contributed by atoms with Crippen LogP contribution in [0.2, 0.25) is 0 Å². The number of rotatable bonds is 5. The molecule has 7 heteroatoms. The van der Waals surface area contributed by atoms with Gasteiger partial charge in [-0.3, -0.25) is 9.59 Å². The van der Waals surface area contributed by atoms with Crippen LogP contribution in [0.5, 0.6) is 0 Å². The van der Waals surface area contributed by atoms with Gasteiger partial charge in [0.15, 0.2) is 0 Å². The van der Waals surface area contributed by atoms with Crippen molar-refractivity contribution in [2.75, 3.05) is 18.5 Å². The average Bonchev–Trinajstić information content (AvgIpc) is 3.33. The van der Waals surface area contributed by atoms with E-state index in [-0.39, 0.29) is 17.6 Å². The van der Waals surface area contributed by atoms with Crippen LogP contribution in [0, 0.1) is 5.82 Å². The van der Waals surface area contributed by atoms with Crippen LogP contribution in [0.25, 0.3) is 0 Å². The normalized spacial score (nSPS) is 18.5. The topological polar surface area (TPSA) is 67.4 Å². The number of aryl methyl sites for hydroxylation is 1. The average molecular weight is 402 g/mol. The molecule has 0 radical (unpaired) electrons. The molecule has 2 heterocycles. The number of nitrogens with one attached hydrogen (secondary N) is 2. The SMILES string of the molecule is O=C(Nc1sc2c(c1C(=O)NC[C@H]1CCCO1)CCCC2)c1ccccc1F. The Hall–Kier alpha value is -2.25. The fourth-order valence-electron chi connectivity index (χ4n) is 3.81. The number of halogens is 1. The second-order valence-electron chi connectivity index (χ2n) is 7.19. The van der Waals surface area contributed by atoms with Gasteiger partial charge in [0.2, 0.25) is 0 Å². The maximum Gasteiger partial charge on any atom is 0.259 e. The Balaban J connectivity index is 1.57. The third kappa shape index (κ3) is 3.95. The van der Waals surface area contributed by atoms with Crippen LogP contribution in [-0.2, 0) is 17.6 Å². The van der Waals surface area contributed by atoms with Gasteiger partial charge in [0.05, 0.1) is 17.2 Å². The lowest BCUT2D eigenvalue weighted by atomic mass is 9.95. The van der Waals surface area contributed by atoms with Crippen LogP contribution in [0.3, 0.4) is 0 Å². The minimum absolute atomic E-state index is 0.0282. The second kappa shape index (κ2) is 8.41. The van der Waals surface area contributed by atoms with E-state index in [2.05, 4.69) is 10.6 Å². The molecule has 0 bridgehead atoms. The first-order chi connectivity index (χ1) is 13.6. The molecule has 1 atom stereocenters. The zero-order chi connectivity index (χ0) is 19.5. The lowest BCUT2D eigenvalue weighted by Crippen LogP contribution is -2.32. The number of amides is 2. The molecule has 2 aromatic rings. The lowest BCUT2D eigenvalue weighted by molar-refractivity contribution is 0.0858. The summed E-state index contributed by atoms with van der Waals surface area (Å²) in [6.07, 6.45) is 5.83. The molecular weight excluding hydrogens is 379 g/mol. The number of fused-ring (bicyclic) bond motifs is 1. The number of anilines is 1. The summed E-state index contributed by atoms with van der Waals surface area (Å²) in [5.41, 5.74) is 1.52. The first-order valence-corrected chi connectivity index (χ1v) is 10.6. The van der Waals surface area contributed by atoms with Gasteiger partial charge in [-0.1, -0.05) is 12.1 Å². The Kier molecular flexibility index (Phi) is 5.73. The van der Waals surface area contributed by atoms with E-state index in [0.717, 1.165) is 55.6 Å². The molecular formula is C21H23FN2O3S. The van der Waals surface area contributed by atoms with E-state index in [1.807, 2.05) is 0 Å². The van der Waals surface area contributed by atoms with Crippen molar-refractivity contribution in [3.05, 3.63) is 51.7 Å². The van der Waals surface area contributed by atoms with E-state index in [4.69, 9.17) is 4.74 Å². The van der Waals surface area contributed by atoms with E-state index in [1.165, 1.54) is 23.5 Å². The fraction of sp³-hybridized carbons (Fsp3) is 0.429. The van der Waals surface area contributed by atoms with E-state index in [9.17, 15) is 14.0 Å². The van der Waals surface area contributed by atoms with Crippen molar-refractivity contribution in [2.24, 2.45) is 0 Å². The van der Waals surface area contributed by atoms with Gasteiger partial charge in [0.1, 0.15) is 10.8 Å². The summed E-state index contributed by atoms with van der Waals surface area (Å²) in [5, 5.41) is 6.25. The molecule has 5 nitrogen and oxygen atoms in total. The number of carbonyl (C=O) groups is 2. The summed E-state index contributed by atoms with van der Waals surface area (Å²) in [6, 6.07) is 5.85. The third-order valence-corrected chi connectivity index (χ3v) is 6.47. The highest BCUT2D eigenvalue weighted by Gasteiger charge is 2.27. The van der Waals surface area contributed by atoms with Crippen molar-refractivity contribution in [2.45, 2.75) is 44.6 Å². The third-order valence-electron chi connectivity index (χ3n) is 5.26. The molecule has 28 heavy (non-hydrogen) atoms. The van der Waals surface area contributed by atoms with Crippen LogP contribution in [0.15, 0.2) is 24.3 Å². The summed E-state index contributed by atoms with van der Waals surface area (Å²) < 4.78 is 19.5. The summed E-state index contributed by atoms with van der Waals surface area (Å²) in [7, 11) is 0. The second-order valence-corrected chi connectivity index (χ2v) is 8.30. The van der Waals surface area contributed by atoms with Crippen LogP contribution in [-0.4, -0.2) is 31.1 Å². The predicted molar refractivity (Wildman–Crippen MR) is 107 cm³/mol. The minimum atomic E-state index is -0.578. The zero-order valence-electron chi connectivity index (χ0n) is 15.6. The molecule has 0 spiro atoms. The van der Waals surface area contributed by atoms with Crippen LogP contribution < -0.4 is 10.6 Å². The van der Waals surface area contributed by atoms with E-state index in [0.29, 0.717) is 17.1 Å². The summed E-state index contributed by atoms with van der Waals surface area (Å²) in [5.74, 6) is -1.31. The molecule has 1 saturated heterocycles. The Bertz CT molecular complexity index is 890. The van der Waals surface area contributed by atoms with Gasteiger partial charge < -0.3 is 15.4 Å². The van der Waals surface area contributed by atoms with Crippen molar-refractivity contribution in [3.8, 4) is 0 Å². The summed E-state index contributed by atoms with van der Waals surface area (Å²) >= 11 is 1.43. The molecule has 1 aromatic carbocycles. The minimum Gasteiger partial charge on any atom is -0.376 e. The van der Waals surface area contributed by atoms with Gasteiger partial charge in [0.25, 0.3) is 11.8 Å². The Morgan fingerprint density at radius 3 is 2.75 bits per heavy atom. The number of hydrogen-bond donors (Lipinski definition) is 2. The van der Waals surface area contributed by atoms with Crippen molar-refractivity contribution in [3.63, 3.8) is 0 Å². The fourth-order valence-corrected chi connectivity index (χ4v) is 5.09. The monoisotopic (exact) mass is 402 g/mol. The van der Waals surface area contributed by atoms with Gasteiger partial charge in [-0.25, -0.2) is 4.39 Å². The van der Waals surface area contributed by atoms with Crippen molar-refractivity contribution in [1.29, 1.82) is 0 Å². The maximum atomic E-state index is 14.0. The number of ether oxygens (including phenoxy) is 1. The van der Waals surface area contributed by atoms with Gasteiger partial charge in [-0.15, -0.1) is 11.3 Å². The molecule has 1 aliphatic carbocycles. The highest BCUT2D eigenvalue weighted by atomic mass is 32.1. The van der Waals surface area contributed by atoms with Crippen LogP contribution in [0.4, 0.5) is 9.39 Å². The predicted octanol–water partition coefficient (Wildman–Crippen LogP) is 3.93. The molecule has 1 aliphatic heterocycles. The number of thiophene rings is 1. The molecule has 2 amide bonds. The Morgan fingerprint density at radius 2 is 1.96 bits per heavy atom. The van der Waals surface area contributed by atoms with Crippen LogP contribution in [0.1, 0.15) is 56.8 Å².